The molecule has 0 aromatic carbocycles. The predicted molar refractivity (Wildman–Crippen MR) is 127 cm³/mol. The van der Waals surface area contributed by atoms with Gasteiger partial charge in [0.25, 0.3) is 0 Å². The van der Waals surface area contributed by atoms with E-state index in [0.29, 0.717) is 5.57 Å². The third kappa shape index (κ3) is 7.24. The lowest BCUT2D eigenvalue weighted by atomic mass is 9.72. The topological polar surface area (TPSA) is 134 Å². The lowest BCUT2D eigenvalue weighted by Crippen LogP contribution is -2.60. The molecule has 1 heterocycles. The zero-order valence-electron chi connectivity index (χ0n) is 20.4. The number of carbonyl (C=O) groups excluding carboxylic acids is 1. The van der Waals surface area contributed by atoms with Gasteiger partial charge in [-0.3, -0.25) is 0 Å². The average molecular weight is 477 g/mol. The molecule has 0 amide bonds. The summed E-state index contributed by atoms with van der Waals surface area (Å²) < 4.78 is 9.88. The minimum atomic E-state index is -1.85. The van der Waals surface area contributed by atoms with Crippen LogP contribution in [-0.2, 0) is 19.1 Å². The van der Waals surface area contributed by atoms with Crippen LogP contribution in [0.4, 0.5) is 0 Å². The van der Waals surface area contributed by atoms with Gasteiger partial charge in [-0.2, -0.15) is 0 Å². The highest BCUT2D eigenvalue weighted by Gasteiger charge is 2.48. The molecule has 0 unspecified atom stereocenters. The van der Waals surface area contributed by atoms with Crippen molar-refractivity contribution in [2.75, 3.05) is 0 Å². The third-order valence-electron chi connectivity index (χ3n) is 6.16. The van der Waals surface area contributed by atoms with Gasteiger partial charge in [0.05, 0.1) is 0 Å². The van der Waals surface area contributed by atoms with Crippen LogP contribution in [-0.4, -0.2) is 63.1 Å². The lowest BCUT2D eigenvalue weighted by molar-refractivity contribution is -0.284. The Kier molecular flexibility index (Phi) is 9.58. The molecule has 1 aliphatic carbocycles. The molecule has 4 N–H and O–H groups in total. The van der Waals surface area contributed by atoms with Crippen LogP contribution in [0.5, 0.6) is 0 Å². The molecule has 8 nitrogen and oxygen atoms in total. The molecule has 2 aliphatic rings. The number of esters is 1. The summed E-state index contributed by atoms with van der Waals surface area (Å²) in [6.07, 6.45) is 5.29. The summed E-state index contributed by atoms with van der Waals surface area (Å²) >= 11 is 0. The highest BCUT2D eigenvalue weighted by Crippen LogP contribution is 2.40. The van der Waals surface area contributed by atoms with Gasteiger partial charge in [-0.15, -0.1) is 0 Å². The van der Waals surface area contributed by atoms with Crippen molar-refractivity contribution in [1.82, 2.24) is 0 Å². The molecule has 0 radical (unpaired) electrons. The van der Waals surface area contributed by atoms with Crippen molar-refractivity contribution in [2.24, 2.45) is 5.41 Å². The van der Waals surface area contributed by atoms with E-state index in [1.54, 1.807) is 19.1 Å². The van der Waals surface area contributed by atoms with Crippen molar-refractivity contribution in [3.63, 3.8) is 0 Å². The second-order valence-corrected chi connectivity index (χ2v) is 9.59. The smallest absolute Gasteiger partial charge is 0.335 e. The first-order chi connectivity index (χ1) is 15.8. The summed E-state index contributed by atoms with van der Waals surface area (Å²) in [5.74, 6) is -2.44. The molecule has 0 aromatic heterocycles. The maximum Gasteiger partial charge on any atom is 0.335 e. The number of aliphatic hydroxyl groups is 3. The van der Waals surface area contributed by atoms with E-state index in [1.807, 2.05) is 13.0 Å². The highest BCUT2D eigenvalue weighted by atomic mass is 16.7. The summed E-state index contributed by atoms with van der Waals surface area (Å²) in [6, 6.07) is 0. The van der Waals surface area contributed by atoms with Crippen molar-refractivity contribution in [1.29, 1.82) is 0 Å². The lowest BCUT2D eigenvalue weighted by Gasteiger charge is -2.37. The van der Waals surface area contributed by atoms with E-state index >= 15 is 0 Å². The zero-order valence-corrected chi connectivity index (χ0v) is 20.4. The van der Waals surface area contributed by atoms with Gasteiger partial charge in [0.15, 0.2) is 6.10 Å². The minimum Gasteiger partial charge on any atom is -0.479 e. The Bertz CT molecular complexity index is 921. The van der Waals surface area contributed by atoms with Crippen LogP contribution >= 0.6 is 0 Å². The summed E-state index contributed by atoms with van der Waals surface area (Å²) in [7, 11) is 0. The first-order valence-electron chi connectivity index (χ1n) is 11.4. The summed E-state index contributed by atoms with van der Waals surface area (Å²) in [4.78, 5) is 23.3. The molecule has 5 atom stereocenters. The molecule has 1 fully saturated rings. The Morgan fingerprint density at radius 3 is 2.35 bits per heavy atom. The maximum absolute atomic E-state index is 12.2. The number of carboxylic acid groups (broad SMARTS) is 1. The van der Waals surface area contributed by atoms with Gasteiger partial charge >= 0.3 is 11.9 Å². The zero-order chi connectivity index (χ0) is 25.6. The quantitative estimate of drug-likeness (QED) is 0.250. The molecular formula is C26H36O8. The van der Waals surface area contributed by atoms with E-state index in [1.165, 1.54) is 24.0 Å². The van der Waals surface area contributed by atoms with Crippen molar-refractivity contribution in [3.05, 3.63) is 58.7 Å². The molecule has 0 saturated carbocycles. The number of allylic oxidation sites excluding steroid dienone is 9. The number of hydrogen-bond donors (Lipinski definition) is 4. The van der Waals surface area contributed by atoms with Crippen LogP contribution in [0, 0.1) is 5.41 Å². The number of aliphatic carboxylic acids is 1. The number of carboxylic acids is 1. The van der Waals surface area contributed by atoms with E-state index in [-0.39, 0.29) is 5.41 Å². The fourth-order valence-corrected chi connectivity index (χ4v) is 4.16. The minimum absolute atomic E-state index is 0.170. The third-order valence-corrected chi connectivity index (χ3v) is 6.16. The second kappa shape index (κ2) is 11.8. The summed E-state index contributed by atoms with van der Waals surface area (Å²) in [5.41, 5.74) is 4.56. The molecule has 8 heteroatoms. The van der Waals surface area contributed by atoms with Crippen LogP contribution in [0.2, 0.25) is 0 Å². The van der Waals surface area contributed by atoms with Gasteiger partial charge in [-0.1, -0.05) is 55.4 Å². The van der Waals surface area contributed by atoms with Crippen molar-refractivity contribution in [2.45, 2.75) is 84.6 Å². The Morgan fingerprint density at radius 2 is 1.74 bits per heavy atom. The fraction of sp³-hybridized carbons (Fsp3) is 0.538. The molecule has 34 heavy (non-hydrogen) atoms. The monoisotopic (exact) mass is 476 g/mol. The fourth-order valence-electron chi connectivity index (χ4n) is 4.16. The molecule has 2 rings (SSSR count). The van der Waals surface area contributed by atoms with E-state index in [2.05, 4.69) is 32.9 Å². The number of rotatable bonds is 7. The molecule has 0 spiro atoms. The van der Waals surface area contributed by atoms with E-state index in [9.17, 15) is 24.9 Å². The SMILES string of the molecule is CC1=C(/C=C/C(C)=C/C=C/C(C)=C\C(=O)O[C@@H]2O[C@@H](C(=O)O)[C@@H](O)[C@@H](O)[C@H]2O)C(C)(C)CCC1. The van der Waals surface area contributed by atoms with E-state index < -0.39 is 42.6 Å². The van der Waals surface area contributed by atoms with Crippen LogP contribution in [0.1, 0.15) is 53.9 Å². The Morgan fingerprint density at radius 1 is 1.06 bits per heavy atom. The number of ether oxygens (including phenoxy) is 2. The van der Waals surface area contributed by atoms with Crippen LogP contribution in [0.3, 0.4) is 0 Å². The Labute approximate surface area is 200 Å². The Balaban J connectivity index is 1.98. The molecule has 0 aromatic rings. The predicted octanol–water partition coefficient (Wildman–Crippen LogP) is 2.95. The van der Waals surface area contributed by atoms with E-state index in [4.69, 9.17) is 14.6 Å². The number of carbonyl (C=O) groups is 2. The van der Waals surface area contributed by atoms with Crippen LogP contribution in [0.15, 0.2) is 58.7 Å². The second-order valence-electron chi connectivity index (χ2n) is 9.59. The normalized spacial score (nSPS) is 30.8. The van der Waals surface area contributed by atoms with Gasteiger partial charge < -0.3 is 29.9 Å². The van der Waals surface area contributed by atoms with Crippen molar-refractivity contribution in [3.8, 4) is 0 Å². The van der Waals surface area contributed by atoms with Gasteiger partial charge in [0, 0.05) is 6.08 Å². The van der Waals surface area contributed by atoms with E-state index in [0.717, 1.165) is 18.1 Å². The largest absolute Gasteiger partial charge is 0.479 e. The van der Waals surface area contributed by atoms with Crippen molar-refractivity contribution >= 4 is 11.9 Å². The van der Waals surface area contributed by atoms with Crippen molar-refractivity contribution < 1.29 is 39.5 Å². The van der Waals surface area contributed by atoms with Gasteiger partial charge in [0.2, 0.25) is 6.29 Å². The molecule has 1 aliphatic heterocycles. The maximum atomic E-state index is 12.2. The van der Waals surface area contributed by atoms with Crippen LogP contribution < -0.4 is 0 Å². The first-order valence-corrected chi connectivity index (χ1v) is 11.4. The molecular weight excluding hydrogens is 440 g/mol. The highest BCUT2D eigenvalue weighted by molar-refractivity contribution is 5.83. The molecule has 188 valence electrons. The van der Waals surface area contributed by atoms with Gasteiger partial charge in [0.1, 0.15) is 18.3 Å². The Hall–Kier alpha value is -2.52. The average Bonchev–Trinajstić information content (AvgIpc) is 2.73. The van der Waals surface area contributed by atoms with Gasteiger partial charge in [-0.05, 0) is 56.6 Å². The number of aliphatic hydroxyl groups excluding tert-OH is 3. The number of hydrogen-bond acceptors (Lipinski definition) is 7. The van der Waals surface area contributed by atoms with Crippen LogP contribution in [0.25, 0.3) is 0 Å². The molecule has 1 saturated heterocycles. The standard InChI is InChI=1S/C26H36O8/c1-15(11-12-18-17(3)10-7-13-26(18,4)5)8-6-9-16(2)14-19(27)33-25-22(30)20(28)21(29)23(34-25)24(31)32/h6,8-9,11-12,14,20-23,25,28-30H,7,10,13H2,1-5H3,(H,31,32)/b9-6+,12-11+,15-8+,16-14-/t20-,21+,22-,23-,25-/m1/s1. The molecule has 0 bridgehead atoms. The summed E-state index contributed by atoms with van der Waals surface area (Å²) in [5, 5.41) is 38.5. The first kappa shape index (κ1) is 27.7. The van der Waals surface area contributed by atoms with Gasteiger partial charge in [-0.25, -0.2) is 9.59 Å². The summed E-state index contributed by atoms with van der Waals surface area (Å²) in [6.45, 7) is 10.4.